The van der Waals surface area contributed by atoms with Gasteiger partial charge in [-0.1, -0.05) is 12.5 Å². The van der Waals surface area contributed by atoms with Crippen molar-refractivity contribution in [1.29, 1.82) is 0 Å². The van der Waals surface area contributed by atoms with Gasteiger partial charge < -0.3 is 11.1 Å². The topological polar surface area (TPSA) is 68.0 Å². The van der Waals surface area contributed by atoms with Crippen molar-refractivity contribution in [3.8, 4) is 0 Å². The number of nitrogens with zero attached hydrogens (tertiary/aromatic N) is 1. The molecule has 4 nitrogen and oxygen atoms in total. The normalized spacial score (nSPS) is 17.2. The van der Waals surface area contributed by atoms with Crippen molar-refractivity contribution in [2.24, 2.45) is 11.1 Å². The van der Waals surface area contributed by atoms with Crippen molar-refractivity contribution in [2.45, 2.75) is 25.7 Å². The van der Waals surface area contributed by atoms with Gasteiger partial charge in [-0.15, -0.1) is 0 Å². The van der Waals surface area contributed by atoms with Gasteiger partial charge in [-0.05, 0) is 36.9 Å². The Labute approximate surface area is 102 Å². The second-order valence-electron chi connectivity index (χ2n) is 4.83. The highest BCUT2D eigenvalue weighted by molar-refractivity contribution is 5.78. The summed E-state index contributed by atoms with van der Waals surface area (Å²) >= 11 is 0. The van der Waals surface area contributed by atoms with Crippen molar-refractivity contribution in [3.63, 3.8) is 0 Å². The number of carbonyl (C=O) groups excluding carboxylic acids is 1. The van der Waals surface area contributed by atoms with Gasteiger partial charge in [-0.25, -0.2) is 0 Å². The molecule has 1 fully saturated rings. The van der Waals surface area contributed by atoms with E-state index >= 15 is 0 Å². The standard InChI is InChI=1S/C13H19N3O/c14-9-13(5-3-6-13)10-16-12(17)8-11-4-1-2-7-15-11/h1-2,4,7H,3,5-6,8-10,14H2,(H,16,17). The molecule has 1 aliphatic carbocycles. The monoisotopic (exact) mass is 233 g/mol. The summed E-state index contributed by atoms with van der Waals surface area (Å²) in [5, 5.41) is 2.97. The molecule has 1 aromatic heterocycles. The van der Waals surface area contributed by atoms with Gasteiger partial charge in [0.05, 0.1) is 6.42 Å². The number of carbonyl (C=O) groups is 1. The molecule has 3 N–H and O–H groups in total. The lowest BCUT2D eigenvalue weighted by Crippen LogP contribution is -2.47. The van der Waals surface area contributed by atoms with Crippen LogP contribution in [0.25, 0.3) is 0 Å². The second kappa shape index (κ2) is 5.27. The molecule has 0 aromatic carbocycles. The molecule has 17 heavy (non-hydrogen) atoms. The van der Waals surface area contributed by atoms with Crippen molar-refractivity contribution in [3.05, 3.63) is 30.1 Å². The molecule has 0 aliphatic heterocycles. The number of hydrogen-bond acceptors (Lipinski definition) is 3. The van der Waals surface area contributed by atoms with Gasteiger partial charge in [0.2, 0.25) is 5.91 Å². The zero-order valence-electron chi connectivity index (χ0n) is 9.98. The summed E-state index contributed by atoms with van der Waals surface area (Å²) < 4.78 is 0. The number of rotatable bonds is 5. The van der Waals surface area contributed by atoms with E-state index in [1.807, 2.05) is 18.2 Å². The summed E-state index contributed by atoms with van der Waals surface area (Å²) in [5.74, 6) is 0.0309. The third-order valence-electron chi connectivity index (χ3n) is 3.58. The fraction of sp³-hybridized carbons (Fsp3) is 0.538. The Morgan fingerprint density at radius 3 is 2.82 bits per heavy atom. The lowest BCUT2D eigenvalue weighted by Gasteiger charge is -2.41. The van der Waals surface area contributed by atoms with Crippen molar-refractivity contribution >= 4 is 5.91 Å². The molecule has 0 radical (unpaired) electrons. The van der Waals surface area contributed by atoms with E-state index in [1.165, 1.54) is 6.42 Å². The predicted octanol–water partition coefficient (Wildman–Crippen LogP) is 0.869. The van der Waals surface area contributed by atoms with Crippen LogP contribution in [0.15, 0.2) is 24.4 Å². The molecule has 92 valence electrons. The molecule has 0 unspecified atom stereocenters. The maximum absolute atomic E-state index is 11.7. The Kier molecular flexibility index (Phi) is 3.74. The van der Waals surface area contributed by atoms with E-state index in [9.17, 15) is 4.79 Å². The molecule has 1 saturated carbocycles. The van der Waals surface area contributed by atoms with Crippen LogP contribution >= 0.6 is 0 Å². The summed E-state index contributed by atoms with van der Waals surface area (Å²) in [6.07, 6.45) is 5.55. The van der Waals surface area contributed by atoms with E-state index in [1.54, 1.807) is 6.20 Å². The van der Waals surface area contributed by atoms with E-state index in [-0.39, 0.29) is 11.3 Å². The highest BCUT2D eigenvalue weighted by Gasteiger charge is 2.35. The van der Waals surface area contributed by atoms with Crippen LogP contribution in [0, 0.1) is 5.41 Å². The largest absolute Gasteiger partial charge is 0.355 e. The van der Waals surface area contributed by atoms with E-state index in [0.29, 0.717) is 19.5 Å². The maximum Gasteiger partial charge on any atom is 0.226 e. The number of pyridine rings is 1. The third-order valence-corrected chi connectivity index (χ3v) is 3.58. The van der Waals surface area contributed by atoms with Gasteiger partial charge >= 0.3 is 0 Å². The Bertz CT molecular complexity index is 368. The Balaban J connectivity index is 1.78. The summed E-state index contributed by atoms with van der Waals surface area (Å²) in [6.45, 7) is 1.37. The Morgan fingerprint density at radius 1 is 1.47 bits per heavy atom. The fourth-order valence-corrected chi connectivity index (χ4v) is 2.15. The quantitative estimate of drug-likeness (QED) is 0.793. The fourth-order valence-electron chi connectivity index (χ4n) is 2.15. The summed E-state index contributed by atoms with van der Waals surface area (Å²) in [6, 6.07) is 5.60. The van der Waals surface area contributed by atoms with Gasteiger partial charge in [0, 0.05) is 18.4 Å². The third kappa shape index (κ3) is 3.03. The lowest BCUT2D eigenvalue weighted by atomic mass is 9.69. The maximum atomic E-state index is 11.7. The average Bonchev–Trinajstić information content (AvgIpc) is 2.29. The summed E-state index contributed by atoms with van der Waals surface area (Å²) in [4.78, 5) is 15.9. The van der Waals surface area contributed by atoms with Crippen LogP contribution in [-0.4, -0.2) is 24.0 Å². The van der Waals surface area contributed by atoms with Gasteiger partial charge in [0.25, 0.3) is 0 Å². The molecule has 1 heterocycles. The van der Waals surface area contributed by atoms with Crippen LogP contribution in [0.3, 0.4) is 0 Å². The minimum Gasteiger partial charge on any atom is -0.355 e. The summed E-state index contributed by atoms with van der Waals surface area (Å²) in [7, 11) is 0. The molecule has 4 heteroatoms. The first-order valence-corrected chi connectivity index (χ1v) is 6.11. The molecule has 0 atom stereocenters. The number of nitrogens with two attached hydrogens (primary N) is 1. The molecule has 0 bridgehead atoms. The molecule has 2 rings (SSSR count). The van der Waals surface area contributed by atoms with Crippen LogP contribution in [0.2, 0.25) is 0 Å². The van der Waals surface area contributed by atoms with E-state index < -0.39 is 0 Å². The molecule has 1 aromatic rings. The van der Waals surface area contributed by atoms with E-state index in [0.717, 1.165) is 18.5 Å². The van der Waals surface area contributed by atoms with Crippen LogP contribution in [0.5, 0.6) is 0 Å². The van der Waals surface area contributed by atoms with Crippen LogP contribution in [0.4, 0.5) is 0 Å². The number of amides is 1. The van der Waals surface area contributed by atoms with Crippen molar-refractivity contribution in [2.75, 3.05) is 13.1 Å². The van der Waals surface area contributed by atoms with Crippen LogP contribution in [-0.2, 0) is 11.2 Å². The second-order valence-corrected chi connectivity index (χ2v) is 4.83. The molecule has 0 saturated heterocycles. The number of aromatic nitrogens is 1. The molecular formula is C13H19N3O. The van der Waals surface area contributed by atoms with E-state index in [4.69, 9.17) is 5.73 Å². The van der Waals surface area contributed by atoms with Crippen LogP contribution in [0.1, 0.15) is 25.0 Å². The first-order chi connectivity index (χ1) is 8.24. The average molecular weight is 233 g/mol. The zero-order valence-corrected chi connectivity index (χ0v) is 9.98. The van der Waals surface area contributed by atoms with Gasteiger partial charge in [0.15, 0.2) is 0 Å². The minimum absolute atomic E-state index is 0.0309. The van der Waals surface area contributed by atoms with Gasteiger partial charge in [0.1, 0.15) is 0 Å². The number of hydrogen-bond donors (Lipinski definition) is 2. The Hall–Kier alpha value is -1.42. The van der Waals surface area contributed by atoms with Crippen LogP contribution < -0.4 is 11.1 Å². The van der Waals surface area contributed by atoms with Crippen molar-refractivity contribution in [1.82, 2.24) is 10.3 Å². The zero-order chi connectivity index (χ0) is 12.1. The highest BCUT2D eigenvalue weighted by Crippen LogP contribution is 2.39. The molecule has 1 aliphatic rings. The first-order valence-electron chi connectivity index (χ1n) is 6.11. The van der Waals surface area contributed by atoms with Gasteiger partial charge in [-0.2, -0.15) is 0 Å². The first kappa shape index (κ1) is 12.0. The minimum atomic E-state index is 0.0309. The molecule has 1 amide bonds. The predicted molar refractivity (Wildman–Crippen MR) is 66.3 cm³/mol. The number of nitrogens with one attached hydrogen (secondary N) is 1. The van der Waals surface area contributed by atoms with E-state index in [2.05, 4.69) is 10.3 Å². The smallest absolute Gasteiger partial charge is 0.226 e. The lowest BCUT2D eigenvalue weighted by molar-refractivity contribution is -0.121. The molecular weight excluding hydrogens is 214 g/mol. The van der Waals surface area contributed by atoms with Crippen molar-refractivity contribution < 1.29 is 4.79 Å². The Morgan fingerprint density at radius 2 is 2.29 bits per heavy atom. The molecule has 0 spiro atoms. The summed E-state index contributed by atoms with van der Waals surface area (Å²) in [5.41, 5.74) is 6.72. The van der Waals surface area contributed by atoms with Gasteiger partial charge in [-0.3, -0.25) is 9.78 Å². The SMILES string of the molecule is NCC1(CNC(=O)Cc2ccccn2)CCC1. The highest BCUT2D eigenvalue weighted by atomic mass is 16.1.